The van der Waals surface area contributed by atoms with Gasteiger partial charge in [0.2, 0.25) is 0 Å². The number of aliphatic hydroxyl groups is 1. The van der Waals surface area contributed by atoms with Crippen molar-refractivity contribution >= 4 is 16.9 Å². The molecule has 1 aliphatic rings. The maximum atomic E-state index is 13.0. The molecule has 1 saturated carbocycles. The second-order valence-corrected chi connectivity index (χ2v) is 10.2. The summed E-state index contributed by atoms with van der Waals surface area (Å²) in [5.74, 6) is 0.278. The van der Waals surface area contributed by atoms with Gasteiger partial charge in [0, 0.05) is 11.4 Å². The summed E-state index contributed by atoms with van der Waals surface area (Å²) in [6, 6.07) is 4.79. The number of rotatable bonds is 6. The van der Waals surface area contributed by atoms with E-state index in [2.05, 4.69) is 15.5 Å². The van der Waals surface area contributed by atoms with Crippen LogP contribution in [0.15, 0.2) is 22.6 Å². The Hall–Kier alpha value is -2.95. The van der Waals surface area contributed by atoms with Gasteiger partial charge in [0.25, 0.3) is 5.89 Å². The molecule has 0 saturated heterocycles. The zero-order valence-corrected chi connectivity index (χ0v) is 20.0. The molecule has 2 heterocycles. The number of aryl methyl sites for hydroxylation is 1. The van der Waals surface area contributed by atoms with Gasteiger partial charge in [0.1, 0.15) is 18.1 Å². The quantitative estimate of drug-likeness (QED) is 0.436. The van der Waals surface area contributed by atoms with Crippen molar-refractivity contribution in [2.24, 2.45) is 0 Å². The van der Waals surface area contributed by atoms with Crippen molar-refractivity contribution < 1.29 is 31.8 Å². The number of halogens is 4. The number of fused-ring (bicyclic) bond motifs is 1. The number of nitrogens with one attached hydrogen (secondary N) is 1. The third-order valence-electron chi connectivity index (χ3n) is 6.11. The summed E-state index contributed by atoms with van der Waals surface area (Å²) in [5, 5.41) is 21.9. The summed E-state index contributed by atoms with van der Waals surface area (Å²) >= 11 is 0. The van der Waals surface area contributed by atoms with Gasteiger partial charge in [0.15, 0.2) is 6.61 Å². The maximum absolute atomic E-state index is 13.0. The predicted molar refractivity (Wildman–Crippen MR) is 122 cm³/mol. The molecule has 2 N–H and O–H groups in total. The molecule has 2 aromatic heterocycles. The van der Waals surface area contributed by atoms with E-state index in [1.807, 2.05) is 27.7 Å². The molecule has 11 heteroatoms. The Balaban J connectivity index is 1.66. The second kappa shape index (κ2) is 8.92. The average Bonchev–Trinajstić information content (AvgIpc) is 3.38. The van der Waals surface area contributed by atoms with Crippen molar-refractivity contribution in [2.45, 2.75) is 70.2 Å². The fourth-order valence-electron chi connectivity index (χ4n) is 4.30. The molecule has 4 rings (SSSR count). The normalized spacial score (nSPS) is 21.0. The molecule has 0 aliphatic heterocycles. The van der Waals surface area contributed by atoms with E-state index in [1.165, 1.54) is 0 Å². The van der Waals surface area contributed by atoms with E-state index in [1.54, 1.807) is 18.2 Å². The van der Waals surface area contributed by atoms with Crippen molar-refractivity contribution in [2.75, 3.05) is 18.6 Å². The Morgan fingerprint density at radius 1 is 1.20 bits per heavy atom. The van der Waals surface area contributed by atoms with Crippen LogP contribution < -0.4 is 10.1 Å². The Labute approximate surface area is 199 Å². The van der Waals surface area contributed by atoms with Gasteiger partial charge in [-0.3, -0.25) is 0 Å². The van der Waals surface area contributed by atoms with Crippen LogP contribution in [0.3, 0.4) is 0 Å². The van der Waals surface area contributed by atoms with Gasteiger partial charge in [-0.05, 0) is 60.9 Å². The molecule has 7 nitrogen and oxygen atoms in total. The van der Waals surface area contributed by atoms with Gasteiger partial charge in [-0.25, -0.2) is 9.37 Å². The van der Waals surface area contributed by atoms with Crippen LogP contribution in [0.25, 0.3) is 22.5 Å². The number of aromatic nitrogens is 3. The maximum Gasteiger partial charge on any atom is 0.422 e. The molecule has 0 amide bonds. The summed E-state index contributed by atoms with van der Waals surface area (Å²) in [4.78, 5) is 4.71. The SMILES string of the molecule is Cc1cc(-c2nnc(NC3CCC(O)(CF)C3)o2)nc2c(C(C)(C)C)cc(OCC(F)(F)F)cc12. The molecule has 2 unspecified atom stereocenters. The fraction of sp³-hybridized carbons (Fsp3) is 0.542. The lowest BCUT2D eigenvalue weighted by Gasteiger charge is -2.23. The number of hydrogen-bond acceptors (Lipinski definition) is 7. The van der Waals surface area contributed by atoms with Crippen molar-refractivity contribution in [3.05, 3.63) is 29.3 Å². The number of benzene rings is 1. The molecule has 1 fully saturated rings. The summed E-state index contributed by atoms with van der Waals surface area (Å²) in [5.41, 5.74) is 0.713. The van der Waals surface area contributed by atoms with Crippen LogP contribution in [0.5, 0.6) is 5.75 Å². The second-order valence-electron chi connectivity index (χ2n) is 10.2. The number of nitrogens with zero attached hydrogens (tertiary/aromatic N) is 3. The van der Waals surface area contributed by atoms with Gasteiger partial charge in [-0.1, -0.05) is 25.9 Å². The van der Waals surface area contributed by atoms with Crippen LogP contribution in [0.2, 0.25) is 0 Å². The minimum atomic E-state index is -4.44. The Kier molecular flexibility index (Phi) is 6.41. The van der Waals surface area contributed by atoms with Crippen LogP contribution in [-0.2, 0) is 5.41 Å². The minimum Gasteiger partial charge on any atom is -0.484 e. The highest BCUT2D eigenvalue weighted by molar-refractivity contribution is 5.89. The molecule has 0 bridgehead atoms. The lowest BCUT2D eigenvalue weighted by atomic mass is 9.84. The van der Waals surface area contributed by atoms with Crippen LogP contribution in [0.4, 0.5) is 23.6 Å². The summed E-state index contributed by atoms with van der Waals surface area (Å²) in [6.07, 6.45) is -3.29. The first kappa shape index (κ1) is 25.2. The van der Waals surface area contributed by atoms with Crippen molar-refractivity contribution in [1.29, 1.82) is 0 Å². The van der Waals surface area contributed by atoms with Crippen LogP contribution in [0.1, 0.15) is 51.2 Å². The van der Waals surface area contributed by atoms with Crippen molar-refractivity contribution in [1.82, 2.24) is 15.2 Å². The Morgan fingerprint density at radius 2 is 1.94 bits per heavy atom. The number of alkyl halides is 4. The van der Waals surface area contributed by atoms with Crippen LogP contribution in [0, 0.1) is 6.92 Å². The molecular formula is C24H28F4N4O3. The molecule has 190 valence electrons. The zero-order valence-electron chi connectivity index (χ0n) is 20.0. The van der Waals surface area contributed by atoms with Crippen LogP contribution >= 0.6 is 0 Å². The highest BCUT2D eigenvalue weighted by Gasteiger charge is 2.38. The van der Waals surface area contributed by atoms with E-state index in [-0.39, 0.29) is 30.1 Å². The lowest BCUT2D eigenvalue weighted by Crippen LogP contribution is -2.29. The molecule has 0 spiro atoms. The third-order valence-corrected chi connectivity index (χ3v) is 6.11. The van der Waals surface area contributed by atoms with Gasteiger partial charge in [-0.2, -0.15) is 13.2 Å². The van der Waals surface area contributed by atoms with Gasteiger partial charge in [-0.15, -0.1) is 5.10 Å². The van der Waals surface area contributed by atoms with E-state index in [0.717, 1.165) is 5.56 Å². The molecule has 35 heavy (non-hydrogen) atoms. The number of pyridine rings is 1. The van der Waals surface area contributed by atoms with E-state index >= 15 is 0 Å². The number of ether oxygens (including phenoxy) is 1. The summed E-state index contributed by atoms with van der Waals surface area (Å²) in [6.45, 7) is 5.45. The first-order valence-corrected chi connectivity index (χ1v) is 11.3. The highest BCUT2D eigenvalue weighted by Crippen LogP contribution is 2.37. The van der Waals surface area contributed by atoms with E-state index < -0.39 is 30.5 Å². The van der Waals surface area contributed by atoms with Gasteiger partial charge < -0.3 is 19.6 Å². The van der Waals surface area contributed by atoms with E-state index in [4.69, 9.17) is 14.1 Å². The largest absolute Gasteiger partial charge is 0.484 e. The van der Waals surface area contributed by atoms with E-state index in [9.17, 15) is 22.7 Å². The van der Waals surface area contributed by atoms with E-state index in [0.29, 0.717) is 35.0 Å². The summed E-state index contributed by atoms with van der Waals surface area (Å²) in [7, 11) is 0. The Morgan fingerprint density at radius 3 is 2.57 bits per heavy atom. The molecule has 1 aliphatic carbocycles. The third kappa shape index (κ3) is 5.66. The standard InChI is InChI=1S/C24H28F4N4O3/c1-13-7-18(20-31-32-21(35-20)29-14-5-6-23(33,10-14)11-25)30-19-16(13)8-15(34-12-24(26,27)28)9-17(19)22(2,3)4/h7-9,14,33H,5-6,10-12H2,1-4H3,(H,29,32). The van der Waals surface area contributed by atoms with Gasteiger partial charge >= 0.3 is 12.2 Å². The molecule has 3 aromatic rings. The lowest BCUT2D eigenvalue weighted by molar-refractivity contribution is -0.153. The monoisotopic (exact) mass is 496 g/mol. The number of hydrogen-bond donors (Lipinski definition) is 2. The van der Waals surface area contributed by atoms with Crippen molar-refractivity contribution in [3.63, 3.8) is 0 Å². The summed E-state index contributed by atoms with van der Waals surface area (Å²) < 4.78 is 61.9. The van der Waals surface area contributed by atoms with Gasteiger partial charge in [0.05, 0.1) is 11.1 Å². The fourth-order valence-corrected chi connectivity index (χ4v) is 4.30. The molecule has 1 aromatic carbocycles. The number of anilines is 1. The average molecular weight is 497 g/mol. The Bertz CT molecular complexity index is 1220. The first-order chi connectivity index (χ1) is 16.3. The first-order valence-electron chi connectivity index (χ1n) is 11.3. The zero-order chi connectivity index (χ0) is 25.6. The topological polar surface area (TPSA) is 93.3 Å². The minimum absolute atomic E-state index is 0.117. The predicted octanol–water partition coefficient (Wildman–Crippen LogP) is 5.50. The molecule has 2 atom stereocenters. The van der Waals surface area contributed by atoms with Crippen molar-refractivity contribution in [3.8, 4) is 17.3 Å². The smallest absolute Gasteiger partial charge is 0.422 e. The molecular weight excluding hydrogens is 468 g/mol. The molecule has 0 radical (unpaired) electrons. The highest BCUT2D eigenvalue weighted by atomic mass is 19.4. The van der Waals surface area contributed by atoms with Crippen LogP contribution in [-0.4, -0.2) is 51.4 Å².